The molecule has 0 saturated carbocycles. The lowest BCUT2D eigenvalue weighted by atomic mass is 10.1. The van der Waals surface area contributed by atoms with Crippen LogP contribution < -0.4 is 9.47 Å². The van der Waals surface area contributed by atoms with Crippen LogP contribution in [0.5, 0.6) is 11.5 Å². The van der Waals surface area contributed by atoms with Crippen LogP contribution in [-0.2, 0) is 19.7 Å². The van der Waals surface area contributed by atoms with Crippen molar-refractivity contribution in [3.05, 3.63) is 59.2 Å². The average Bonchev–Trinajstić information content (AvgIpc) is 2.61. The summed E-state index contributed by atoms with van der Waals surface area (Å²) in [6.07, 6.45) is 0. The summed E-state index contributed by atoms with van der Waals surface area (Å²) in [5.74, 6) is 1.51. The van der Waals surface area contributed by atoms with Gasteiger partial charge in [-0.2, -0.15) is 0 Å². The van der Waals surface area contributed by atoms with Crippen molar-refractivity contribution in [1.29, 1.82) is 0 Å². The van der Waals surface area contributed by atoms with Crippen LogP contribution in [0.2, 0.25) is 0 Å². The lowest BCUT2D eigenvalue weighted by Crippen LogP contribution is -2.22. The highest BCUT2D eigenvalue weighted by atomic mass is 16.5. The SMILES string of the molecule is CCN(Cc1ccc(CO)cc1)Cc1ccc(OC)c(OC)c1. The first-order valence-corrected chi connectivity index (χ1v) is 7.82. The molecule has 0 bridgehead atoms. The van der Waals surface area contributed by atoms with Crippen molar-refractivity contribution < 1.29 is 14.6 Å². The van der Waals surface area contributed by atoms with Gasteiger partial charge < -0.3 is 14.6 Å². The highest BCUT2D eigenvalue weighted by Crippen LogP contribution is 2.28. The fourth-order valence-corrected chi connectivity index (χ4v) is 2.52. The Morgan fingerprint density at radius 3 is 1.96 bits per heavy atom. The minimum Gasteiger partial charge on any atom is -0.493 e. The quantitative estimate of drug-likeness (QED) is 0.812. The van der Waals surface area contributed by atoms with E-state index in [2.05, 4.69) is 30.0 Å². The summed E-state index contributed by atoms with van der Waals surface area (Å²) in [6.45, 7) is 4.91. The minimum atomic E-state index is 0.0867. The van der Waals surface area contributed by atoms with Gasteiger partial charge in [0.25, 0.3) is 0 Å². The van der Waals surface area contributed by atoms with Crippen molar-refractivity contribution in [3.8, 4) is 11.5 Å². The van der Waals surface area contributed by atoms with E-state index >= 15 is 0 Å². The third-order valence-electron chi connectivity index (χ3n) is 3.91. The van der Waals surface area contributed by atoms with E-state index in [0.29, 0.717) is 0 Å². The molecule has 4 heteroatoms. The van der Waals surface area contributed by atoms with Gasteiger partial charge in [0.2, 0.25) is 0 Å². The first-order chi connectivity index (χ1) is 11.2. The molecule has 0 aliphatic heterocycles. The molecule has 2 aromatic rings. The summed E-state index contributed by atoms with van der Waals surface area (Å²) < 4.78 is 10.6. The Bertz CT molecular complexity index is 611. The third kappa shape index (κ3) is 4.71. The molecule has 0 amide bonds. The van der Waals surface area contributed by atoms with E-state index < -0.39 is 0 Å². The molecule has 0 unspecified atom stereocenters. The van der Waals surface area contributed by atoms with E-state index in [0.717, 1.165) is 36.7 Å². The predicted molar refractivity (Wildman–Crippen MR) is 91.7 cm³/mol. The molecule has 0 aliphatic rings. The topological polar surface area (TPSA) is 41.9 Å². The van der Waals surface area contributed by atoms with Gasteiger partial charge in [0, 0.05) is 13.1 Å². The van der Waals surface area contributed by atoms with Crippen LogP contribution in [0, 0.1) is 0 Å². The molecule has 2 rings (SSSR count). The molecule has 4 nitrogen and oxygen atoms in total. The van der Waals surface area contributed by atoms with Crippen LogP contribution >= 0.6 is 0 Å². The first-order valence-electron chi connectivity index (χ1n) is 7.82. The molecular formula is C19H25NO3. The summed E-state index contributed by atoms with van der Waals surface area (Å²) in [5.41, 5.74) is 3.37. The Balaban J connectivity index is 2.06. The summed E-state index contributed by atoms with van der Waals surface area (Å²) in [6, 6.07) is 14.1. The van der Waals surface area contributed by atoms with Crippen LogP contribution in [0.1, 0.15) is 23.6 Å². The number of aliphatic hydroxyl groups excluding tert-OH is 1. The number of nitrogens with zero attached hydrogens (tertiary/aromatic N) is 1. The largest absolute Gasteiger partial charge is 0.493 e. The lowest BCUT2D eigenvalue weighted by Gasteiger charge is -2.21. The molecule has 0 atom stereocenters. The Morgan fingerprint density at radius 1 is 0.826 bits per heavy atom. The first kappa shape index (κ1) is 17.3. The van der Waals surface area contributed by atoms with Crippen molar-refractivity contribution in [1.82, 2.24) is 4.90 Å². The molecular weight excluding hydrogens is 290 g/mol. The second kappa shape index (κ2) is 8.56. The summed E-state index contributed by atoms with van der Waals surface area (Å²) in [5, 5.41) is 9.11. The van der Waals surface area contributed by atoms with Gasteiger partial charge in [-0.25, -0.2) is 0 Å². The summed E-state index contributed by atoms with van der Waals surface area (Å²) in [7, 11) is 3.30. The van der Waals surface area contributed by atoms with Crippen LogP contribution in [0.15, 0.2) is 42.5 Å². The molecule has 1 N–H and O–H groups in total. The number of hydrogen-bond acceptors (Lipinski definition) is 4. The molecule has 0 aromatic heterocycles. The Hall–Kier alpha value is -2.04. The molecule has 0 saturated heterocycles. The van der Waals surface area contributed by atoms with Gasteiger partial charge in [-0.1, -0.05) is 37.3 Å². The van der Waals surface area contributed by atoms with Crippen molar-refractivity contribution in [2.24, 2.45) is 0 Å². The molecule has 0 spiro atoms. The summed E-state index contributed by atoms with van der Waals surface area (Å²) >= 11 is 0. The number of rotatable bonds is 8. The lowest BCUT2D eigenvalue weighted by molar-refractivity contribution is 0.270. The average molecular weight is 315 g/mol. The van der Waals surface area contributed by atoms with E-state index in [4.69, 9.17) is 14.6 Å². The molecule has 0 fully saturated rings. The van der Waals surface area contributed by atoms with E-state index in [9.17, 15) is 0 Å². The van der Waals surface area contributed by atoms with E-state index in [-0.39, 0.29) is 6.61 Å². The number of benzene rings is 2. The van der Waals surface area contributed by atoms with Crippen LogP contribution in [0.3, 0.4) is 0 Å². The van der Waals surface area contributed by atoms with Gasteiger partial charge in [0.05, 0.1) is 20.8 Å². The fourth-order valence-electron chi connectivity index (χ4n) is 2.52. The van der Waals surface area contributed by atoms with Crippen molar-refractivity contribution in [2.45, 2.75) is 26.6 Å². The van der Waals surface area contributed by atoms with Crippen LogP contribution in [0.4, 0.5) is 0 Å². The maximum atomic E-state index is 9.11. The van der Waals surface area contributed by atoms with Gasteiger partial charge in [-0.15, -0.1) is 0 Å². The fraction of sp³-hybridized carbons (Fsp3) is 0.368. The van der Waals surface area contributed by atoms with E-state index in [1.54, 1.807) is 14.2 Å². The van der Waals surface area contributed by atoms with Gasteiger partial charge >= 0.3 is 0 Å². The standard InChI is InChI=1S/C19H25NO3/c1-4-20(12-15-5-7-16(14-21)8-6-15)13-17-9-10-18(22-2)19(11-17)23-3/h5-11,21H,4,12-14H2,1-3H3. The van der Waals surface area contributed by atoms with Gasteiger partial charge in [-0.3, -0.25) is 4.90 Å². The highest BCUT2D eigenvalue weighted by Gasteiger charge is 2.09. The Morgan fingerprint density at radius 2 is 1.39 bits per heavy atom. The van der Waals surface area contributed by atoms with E-state index in [1.165, 1.54) is 11.1 Å². The number of methoxy groups -OCH3 is 2. The second-order valence-corrected chi connectivity index (χ2v) is 5.47. The zero-order chi connectivity index (χ0) is 16.7. The monoisotopic (exact) mass is 315 g/mol. The second-order valence-electron chi connectivity index (χ2n) is 5.47. The molecule has 0 heterocycles. The van der Waals surface area contributed by atoms with Gasteiger partial charge in [0.1, 0.15) is 0 Å². The Kier molecular flexibility index (Phi) is 6.44. The minimum absolute atomic E-state index is 0.0867. The Labute approximate surface area is 138 Å². The highest BCUT2D eigenvalue weighted by molar-refractivity contribution is 5.42. The predicted octanol–water partition coefficient (Wildman–Crippen LogP) is 3.22. The molecule has 0 aliphatic carbocycles. The zero-order valence-electron chi connectivity index (χ0n) is 14.1. The molecule has 0 radical (unpaired) electrons. The number of aliphatic hydroxyl groups is 1. The summed E-state index contributed by atoms with van der Waals surface area (Å²) in [4.78, 5) is 2.36. The van der Waals surface area contributed by atoms with Crippen LogP contribution in [-0.4, -0.2) is 30.8 Å². The van der Waals surface area contributed by atoms with Gasteiger partial charge in [-0.05, 0) is 35.4 Å². The molecule has 23 heavy (non-hydrogen) atoms. The van der Waals surface area contributed by atoms with Crippen molar-refractivity contribution >= 4 is 0 Å². The van der Waals surface area contributed by atoms with Crippen molar-refractivity contribution in [3.63, 3.8) is 0 Å². The van der Waals surface area contributed by atoms with Crippen molar-refractivity contribution in [2.75, 3.05) is 20.8 Å². The zero-order valence-corrected chi connectivity index (χ0v) is 14.1. The number of hydrogen-bond donors (Lipinski definition) is 1. The van der Waals surface area contributed by atoms with Gasteiger partial charge in [0.15, 0.2) is 11.5 Å². The van der Waals surface area contributed by atoms with Crippen LogP contribution in [0.25, 0.3) is 0 Å². The maximum Gasteiger partial charge on any atom is 0.161 e. The molecule has 2 aromatic carbocycles. The van der Waals surface area contributed by atoms with E-state index in [1.807, 2.05) is 24.3 Å². The number of ether oxygens (including phenoxy) is 2. The smallest absolute Gasteiger partial charge is 0.161 e. The third-order valence-corrected chi connectivity index (χ3v) is 3.91. The maximum absolute atomic E-state index is 9.11. The normalized spacial score (nSPS) is 10.8. The molecule has 124 valence electrons.